The van der Waals surface area contributed by atoms with Gasteiger partial charge in [0, 0.05) is 25.0 Å². The highest BCUT2D eigenvalue weighted by molar-refractivity contribution is 5.78. The van der Waals surface area contributed by atoms with Crippen LogP contribution in [0.15, 0.2) is 0 Å². The second-order valence-electron chi connectivity index (χ2n) is 5.92. The summed E-state index contributed by atoms with van der Waals surface area (Å²) in [5, 5.41) is 6.13. The van der Waals surface area contributed by atoms with Crippen LogP contribution in [0, 0.1) is 11.3 Å². The van der Waals surface area contributed by atoms with Crippen LogP contribution in [-0.4, -0.2) is 51.1 Å². The van der Waals surface area contributed by atoms with Crippen molar-refractivity contribution in [3.05, 3.63) is 0 Å². The second-order valence-corrected chi connectivity index (χ2v) is 5.92. The van der Waals surface area contributed by atoms with Gasteiger partial charge in [0.1, 0.15) is 0 Å². The predicted octanol–water partition coefficient (Wildman–Crippen LogP) is 0.934. The van der Waals surface area contributed by atoms with Crippen molar-refractivity contribution in [3.63, 3.8) is 0 Å². The molecule has 4 heteroatoms. The van der Waals surface area contributed by atoms with Crippen LogP contribution < -0.4 is 10.6 Å². The van der Waals surface area contributed by atoms with E-state index in [1.165, 1.54) is 0 Å². The maximum absolute atomic E-state index is 11.9. The Morgan fingerprint density at radius 1 is 1.29 bits per heavy atom. The van der Waals surface area contributed by atoms with Gasteiger partial charge in [-0.3, -0.25) is 4.79 Å². The monoisotopic (exact) mass is 243 g/mol. The molecule has 0 aliphatic carbocycles. The van der Waals surface area contributed by atoms with Gasteiger partial charge < -0.3 is 15.5 Å². The fourth-order valence-corrected chi connectivity index (χ4v) is 1.90. The highest BCUT2D eigenvalue weighted by Crippen LogP contribution is 2.21. The van der Waals surface area contributed by atoms with Gasteiger partial charge in [-0.15, -0.1) is 0 Å². The molecule has 2 N–H and O–H groups in total. The molecule has 0 saturated heterocycles. The number of carbonyl (C=O) groups excluding carboxylic acids is 1. The van der Waals surface area contributed by atoms with Gasteiger partial charge >= 0.3 is 0 Å². The normalized spacial score (nSPS) is 15.8. The first-order valence-corrected chi connectivity index (χ1v) is 6.30. The van der Waals surface area contributed by atoms with Gasteiger partial charge in [-0.05, 0) is 33.5 Å². The zero-order valence-electron chi connectivity index (χ0n) is 12.4. The van der Waals surface area contributed by atoms with Gasteiger partial charge in [-0.2, -0.15) is 0 Å². The third-order valence-corrected chi connectivity index (χ3v) is 3.21. The van der Waals surface area contributed by atoms with Crippen molar-refractivity contribution in [1.82, 2.24) is 15.5 Å². The van der Waals surface area contributed by atoms with Crippen molar-refractivity contribution in [2.24, 2.45) is 11.3 Å². The second kappa shape index (κ2) is 6.97. The van der Waals surface area contributed by atoms with E-state index in [1.807, 2.05) is 14.0 Å². The molecule has 0 aliphatic rings. The zero-order chi connectivity index (χ0) is 13.6. The fraction of sp³-hybridized carbons (Fsp3) is 0.923. The van der Waals surface area contributed by atoms with Crippen molar-refractivity contribution in [1.29, 1.82) is 0 Å². The smallest absolute Gasteiger partial charge is 0.224 e. The number of hydrogen-bond donors (Lipinski definition) is 2. The first-order valence-electron chi connectivity index (χ1n) is 6.30. The molecular formula is C13H29N3O. The van der Waals surface area contributed by atoms with Gasteiger partial charge in [0.15, 0.2) is 0 Å². The Morgan fingerprint density at radius 3 is 2.24 bits per heavy atom. The average Bonchev–Trinajstić information content (AvgIpc) is 2.15. The summed E-state index contributed by atoms with van der Waals surface area (Å²) in [6.45, 7) is 10.0. The Bertz CT molecular complexity index is 239. The summed E-state index contributed by atoms with van der Waals surface area (Å²) in [6, 6.07) is 0.164. The highest BCUT2D eigenvalue weighted by Gasteiger charge is 2.28. The molecule has 0 fully saturated rings. The van der Waals surface area contributed by atoms with E-state index < -0.39 is 0 Å². The van der Waals surface area contributed by atoms with Crippen LogP contribution in [0.2, 0.25) is 0 Å². The van der Waals surface area contributed by atoms with E-state index in [0.29, 0.717) is 6.54 Å². The lowest BCUT2D eigenvalue weighted by Crippen LogP contribution is -2.49. The maximum atomic E-state index is 11.9. The molecule has 2 unspecified atom stereocenters. The molecule has 0 aromatic carbocycles. The molecule has 2 atom stereocenters. The molecule has 102 valence electrons. The number of rotatable bonds is 7. The third-order valence-electron chi connectivity index (χ3n) is 3.21. The predicted molar refractivity (Wildman–Crippen MR) is 73.0 cm³/mol. The molecule has 0 aliphatic heterocycles. The van der Waals surface area contributed by atoms with Crippen molar-refractivity contribution in [2.45, 2.75) is 33.7 Å². The Kier molecular flexibility index (Phi) is 6.72. The molecule has 0 bridgehead atoms. The maximum Gasteiger partial charge on any atom is 0.224 e. The Balaban J connectivity index is 4.32. The van der Waals surface area contributed by atoms with Gasteiger partial charge in [-0.25, -0.2) is 0 Å². The van der Waals surface area contributed by atoms with Crippen LogP contribution in [0.1, 0.15) is 27.7 Å². The van der Waals surface area contributed by atoms with E-state index in [2.05, 4.69) is 50.4 Å². The molecule has 0 aromatic rings. The Labute approximate surface area is 106 Å². The summed E-state index contributed by atoms with van der Waals surface area (Å²) >= 11 is 0. The van der Waals surface area contributed by atoms with E-state index in [9.17, 15) is 4.79 Å². The lowest BCUT2D eigenvalue weighted by atomic mass is 9.84. The molecule has 0 spiro atoms. The van der Waals surface area contributed by atoms with Crippen LogP contribution in [-0.2, 0) is 4.79 Å². The molecule has 0 heterocycles. The molecule has 0 aromatic heterocycles. The zero-order valence-corrected chi connectivity index (χ0v) is 12.4. The summed E-state index contributed by atoms with van der Waals surface area (Å²) in [7, 11) is 5.98. The Morgan fingerprint density at radius 2 is 1.82 bits per heavy atom. The van der Waals surface area contributed by atoms with Crippen LogP contribution in [0.5, 0.6) is 0 Å². The number of nitrogens with zero attached hydrogens (tertiary/aromatic N) is 1. The standard InChI is InChI=1S/C13H29N3O/c1-10(8-14-5)12(17)15-11(2)13(3,4)9-16(6)7/h10-11,14H,8-9H2,1-7H3,(H,15,17). The lowest BCUT2D eigenvalue weighted by Gasteiger charge is -2.35. The summed E-state index contributed by atoms with van der Waals surface area (Å²) in [5.74, 6) is 0.135. The quantitative estimate of drug-likeness (QED) is 0.699. The van der Waals surface area contributed by atoms with E-state index in [1.54, 1.807) is 0 Å². The van der Waals surface area contributed by atoms with Gasteiger partial charge in [0.05, 0.1) is 0 Å². The summed E-state index contributed by atoms with van der Waals surface area (Å²) in [6.07, 6.45) is 0. The lowest BCUT2D eigenvalue weighted by molar-refractivity contribution is -0.125. The number of carbonyl (C=O) groups is 1. The minimum Gasteiger partial charge on any atom is -0.353 e. The summed E-state index contributed by atoms with van der Waals surface area (Å²) in [5.41, 5.74) is 0.0680. The first-order chi connectivity index (χ1) is 7.70. The van der Waals surface area contributed by atoms with Crippen molar-refractivity contribution >= 4 is 5.91 Å². The molecule has 1 amide bonds. The van der Waals surface area contributed by atoms with Gasteiger partial charge in [0.2, 0.25) is 5.91 Å². The van der Waals surface area contributed by atoms with Crippen LogP contribution >= 0.6 is 0 Å². The molecule has 0 rings (SSSR count). The van der Waals surface area contributed by atoms with E-state index in [4.69, 9.17) is 0 Å². The number of nitrogens with one attached hydrogen (secondary N) is 2. The van der Waals surface area contributed by atoms with Crippen LogP contribution in [0.25, 0.3) is 0 Å². The molecule has 0 radical (unpaired) electrons. The van der Waals surface area contributed by atoms with Gasteiger partial charge in [-0.1, -0.05) is 20.8 Å². The van der Waals surface area contributed by atoms with E-state index in [0.717, 1.165) is 6.54 Å². The largest absolute Gasteiger partial charge is 0.353 e. The summed E-state index contributed by atoms with van der Waals surface area (Å²) in [4.78, 5) is 14.1. The molecule has 4 nitrogen and oxygen atoms in total. The van der Waals surface area contributed by atoms with E-state index in [-0.39, 0.29) is 23.3 Å². The van der Waals surface area contributed by atoms with E-state index >= 15 is 0 Å². The summed E-state index contributed by atoms with van der Waals surface area (Å²) < 4.78 is 0. The molecule has 17 heavy (non-hydrogen) atoms. The third kappa shape index (κ3) is 6.03. The number of amides is 1. The highest BCUT2D eigenvalue weighted by atomic mass is 16.1. The first kappa shape index (κ1) is 16.4. The van der Waals surface area contributed by atoms with Crippen molar-refractivity contribution in [3.8, 4) is 0 Å². The average molecular weight is 243 g/mol. The number of hydrogen-bond acceptors (Lipinski definition) is 3. The van der Waals surface area contributed by atoms with Crippen molar-refractivity contribution < 1.29 is 4.79 Å². The minimum absolute atomic E-state index is 0.0117. The SMILES string of the molecule is CNCC(C)C(=O)NC(C)C(C)(C)CN(C)C. The van der Waals surface area contributed by atoms with Crippen molar-refractivity contribution in [2.75, 3.05) is 34.2 Å². The minimum atomic E-state index is 0.0117. The topological polar surface area (TPSA) is 44.4 Å². The van der Waals surface area contributed by atoms with Crippen LogP contribution in [0.4, 0.5) is 0 Å². The Hall–Kier alpha value is -0.610. The van der Waals surface area contributed by atoms with Gasteiger partial charge in [0.25, 0.3) is 0 Å². The van der Waals surface area contributed by atoms with Crippen LogP contribution in [0.3, 0.4) is 0 Å². The molecular weight excluding hydrogens is 214 g/mol. The molecule has 0 saturated carbocycles. The fourth-order valence-electron chi connectivity index (χ4n) is 1.90.